The van der Waals surface area contributed by atoms with Crippen LogP contribution in [0.3, 0.4) is 0 Å². The molecule has 9 atom stereocenters. The number of aliphatic hydroxyl groups excluding tert-OH is 1. The number of amides is 2. The van der Waals surface area contributed by atoms with Gasteiger partial charge in [0.1, 0.15) is 12.0 Å². The molecule has 3 aliphatic carbocycles. The molecule has 6 aliphatic rings. The molecule has 2 amide bonds. The molecule has 2 bridgehead atoms. The maximum absolute atomic E-state index is 14.0. The highest BCUT2D eigenvalue weighted by Crippen LogP contribution is 2.60. The van der Waals surface area contributed by atoms with E-state index in [1.54, 1.807) is 19.1 Å². The largest absolute Gasteiger partial charge is 0.373 e. The Labute approximate surface area is 243 Å². The smallest absolute Gasteiger partial charge is 0.228 e. The number of aliphatic hydroxyl groups is 1. The molecule has 0 radical (unpaired) electrons. The van der Waals surface area contributed by atoms with Gasteiger partial charge in [0.05, 0.1) is 5.92 Å². The summed E-state index contributed by atoms with van der Waals surface area (Å²) < 4.78 is 14.0. The Morgan fingerprint density at radius 2 is 1.78 bits per heavy atom. The molecule has 0 spiro atoms. The fraction of sp³-hybridized carbons (Fsp3) is 0.758. The summed E-state index contributed by atoms with van der Waals surface area (Å²) in [6, 6.07) is 5.78. The van der Waals surface area contributed by atoms with E-state index in [4.69, 9.17) is 0 Å². The highest BCUT2D eigenvalue weighted by Gasteiger charge is 2.66. The molecular weight excluding hydrogens is 519 g/mol. The van der Waals surface area contributed by atoms with Crippen molar-refractivity contribution in [3.63, 3.8) is 0 Å². The van der Waals surface area contributed by atoms with Crippen LogP contribution in [-0.4, -0.2) is 77.8 Å². The first-order valence-corrected chi connectivity index (χ1v) is 16.3. The molecule has 0 aromatic heterocycles. The summed E-state index contributed by atoms with van der Waals surface area (Å²) in [6.45, 7) is 8.61. The third-order valence-corrected chi connectivity index (χ3v) is 12.2. The lowest BCUT2D eigenvalue weighted by Crippen LogP contribution is -2.48. The summed E-state index contributed by atoms with van der Waals surface area (Å²) in [7, 11) is 0. The summed E-state index contributed by atoms with van der Waals surface area (Å²) in [6.07, 6.45) is 8.25. The van der Waals surface area contributed by atoms with E-state index in [0.29, 0.717) is 36.3 Å². The van der Waals surface area contributed by atoms with E-state index in [9.17, 15) is 19.1 Å². The summed E-state index contributed by atoms with van der Waals surface area (Å²) in [4.78, 5) is 32.6. The number of benzene rings is 1. The molecule has 7 rings (SSSR count). The number of nitrogens with zero attached hydrogens (tertiary/aromatic N) is 3. The molecule has 5 fully saturated rings. The number of halogens is 1. The van der Waals surface area contributed by atoms with Gasteiger partial charge in [-0.2, -0.15) is 0 Å². The van der Waals surface area contributed by atoms with Crippen LogP contribution in [0, 0.1) is 47.2 Å². The quantitative estimate of drug-likeness (QED) is 0.550. The monoisotopic (exact) mass is 566 g/mol. The SMILES string of the molecule is CC(=O)NC1C(C)C2CC1C1C(=O)N(C[C@@H]3CCCC[C@H]3CN3CCC(N4CCc5ccc(F)cc54)CC3)C(O)C21. The van der Waals surface area contributed by atoms with Gasteiger partial charge in [-0.15, -0.1) is 0 Å². The predicted octanol–water partition coefficient (Wildman–Crippen LogP) is 3.64. The number of carbonyl (C=O) groups excluding carboxylic acids is 2. The summed E-state index contributed by atoms with van der Waals surface area (Å²) in [5, 5.41) is 14.6. The summed E-state index contributed by atoms with van der Waals surface area (Å²) in [5.74, 6) is 1.55. The minimum atomic E-state index is -0.685. The van der Waals surface area contributed by atoms with Gasteiger partial charge in [-0.1, -0.05) is 25.8 Å². The van der Waals surface area contributed by atoms with E-state index in [2.05, 4.69) is 22.0 Å². The number of anilines is 1. The topological polar surface area (TPSA) is 76.1 Å². The van der Waals surface area contributed by atoms with Crippen molar-refractivity contribution in [3.05, 3.63) is 29.6 Å². The van der Waals surface area contributed by atoms with Crippen LogP contribution < -0.4 is 10.2 Å². The van der Waals surface area contributed by atoms with E-state index in [1.807, 2.05) is 11.0 Å². The van der Waals surface area contributed by atoms with Crippen molar-refractivity contribution in [2.24, 2.45) is 41.4 Å². The lowest BCUT2D eigenvalue weighted by molar-refractivity contribution is -0.138. The second-order valence-electron chi connectivity index (χ2n) is 14.2. The highest BCUT2D eigenvalue weighted by molar-refractivity contribution is 5.83. The third-order valence-electron chi connectivity index (χ3n) is 12.2. The standard InChI is InChI=1S/C33H47FN4O3/c1-19-26-16-27(31(19)35-20(2)39)30-29(26)32(40)38(33(30)41)18-23-6-4-3-5-22(23)17-36-12-10-25(11-13-36)37-14-9-21-7-8-24(34)15-28(21)37/h7-8,15,19,22-23,25-27,29-32,40H,3-6,9-14,16-18H2,1-2H3,(H,35,39)/t19?,22-,23-,26?,27?,29?,30?,31?,32?/m0/s1. The first-order chi connectivity index (χ1) is 19.8. The van der Waals surface area contributed by atoms with Crippen LogP contribution in [0.5, 0.6) is 0 Å². The molecule has 7 nitrogen and oxygen atoms in total. The van der Waals surface area contributed by atoms with Gasteiger partial charge in [0.15, 0.2) is 0 Å². The molecule has 2 N–H and O–H groups in total. The lowest BCUT2D eigenvalue weighted by Gasteiger charge is -2.42. The van der Waals surface area contributed by atoms with Crippen molar-refractivity contribution in [3.8, 4) is 0 Å². The maximum atomic E-state index is 14.0. The summed E-state index contributed by atoms with van der Waals surface area (Å²) >= 11 is 0. The van der Waals surface area contributed by atoms with Crippen LogP contribution in [0.4, 0.5) is 10.1 Å². The second kappa shape index (κ2) is 10.8. The van der Waals surface area contributed by atoms with Gasteiger partial charge in [-0.25, -0.2) is 4.39 Å². The fourth-order valence-corrected chi connectivity index (χ4v) is 10.2. The summed E-state index contributed by atoms with van der Waals surface area (Å²) in [5.41, 5.74) is 2.37. The number of likely N-dealkylation sites (tertiary alicyclic amines) is 2. The molecule has 3 saturated carbocycles. The van der Waals surface area contributed by atoms with Crippen molar-refractivity contribution < 1.29 is 19.1 Å². The highest BCUT2D eigenvalue weighted by atomic mass is 19.1. The van der Waals surface area contributed by atoms with Gasteiger partial charge in [-0.3, -0.25) is 9.59 Å². The van der Waals surface area contributed by atoms with Gasteiger partial charge in [0.25, 0.3) is 0 Å². The Hall–Kier alpha value is -2.19. The van der Waals surface area contributed by atoms with E-state index < -0.39 is 6.23 Å². The number of fused-ring (bicyclic) bond motifs is 6. The average molecular weight is 567 g/mol. The Bertz CT molecular complexity index is 1170. The predicted molar refractivity (Wildman–Crippen MR) is 155 cm³/mol. The normalized spacial score (nSPS) is 38.9. The lowest BCUT2D eigenvalue weighted by atomic mass is 9.73. The van der Waals surface area contributed by atoms with E-state index >= 15 is 0 Å². The van der Waals surface area contributed by atoms with Crippen molar-refractivity contribution in [2.75, 3.05) is 37.6 Å². The second-order valence-corrected chi connectivity index (χ2v) is 14.2. The van der Waals surface area contributed by atoms with E-state index in [1.165, 1.54) is 24.8 Å². The van der Waals surface area contributed by atoms with Crippen LogP contribution in [0.1, 0.15) is 64.4 Å². The molecule has 3 heterocycles. The van der Waals surface area contributed by atoms with E-state index in [-0.39, 0.29) is 41.4 Å². The van der Waals surface area contributed by atoms with Gasteiger partial charge in [0.2, 0.25) is 11.8 Å². The number of piperidine rings is 1. The Morgan fingerprint density at radius 1 is 1.05 bits per heavy atom. The maximum Gasteiger partial charge on any atom is 0.228 e. The van der Waals surface area contributed by atoms with Gasteiger partial charge in [0, 0.05) is 63.3 Å². The van der Waals surface area contributed by atoms with Gasteiger partial charge in [-0.05, 0) is 85.8 Å². The Kier molecular flexibility index (Phi) is 7.29. The zero-order valence-corrected chi connectivity index (χ0v) is 24.7. The first kappa shape index (κ1) is 27.6. The number of nitrogens with one attached hydrogen (secondary N) is 1. The molecule has 3 aliphatic heterocycles. The number of rotatable bonds is 6. The number of hydrogen-bond acceptors (Lipinski definition) is 5. The molecule has 224 valence electrons. The van der Waals surface area contributed by atoms with Crippen LogP contribution >= 0.6 is 0 Å². The molecule has 7 unspecified atom stereocenters. The van der Waals surface area contributed by atoms with Gasteiger partial charge >= 0.3 is 0 Å². The number of carbonyl (C=O) groups is 2. The minimum absolute atomic E-state index is 0.0118. The first-order valence-electron chi connectivity index (χ1n) is 16.3. The molecule has 1 aromatic rings. The fourth-order valence-electron chi connectivity index (χ4n) is 10.2. The number of hydrogen-bond donors (Lipinski definition) is 2. The molecular formula is C33H47FN4O3. The molecule has 1 aromatic carbocycles. The minimum Gasteiger partial charge on any atom is -0.373 e. The average Bonchev–Trinajstić information content (AvgIpc) is 3.69. The van der Waals surface area contributed by atoms with Crippen LogP contribution in [0.25, 0.3) is 0 Å². The molecule has 41 heavy (non-hydrogen) atoms. The Balaban J connectivity index is 0.970. The van der Waals surface area contributed by atoms with Crippen LogP contribution in [-0.2, 0) is 16.0 Å². The van der Waals surface area contributed by atoms with Crippen molar-refractivity contribution >= 4 is 17.5 Å². The van der Waals surface area contributed by atoms with E-state index in [0.717, 1.165) is 64.0 Å². The zero-order valence-electron chi connectivity index (χ0n) is 24.7. The van der Waals surface area contributed by atoms with Gasteiger partial charge < -0.3 is 25.1 Å². The molecule has 8 heteroatoms. The van der Waals surface area contributed by atoms with Crippen molar-refractivity contribution in [1.82, 2.24) is 15.1 Å². The van der Waals surface area contributed by atoms with Crippen LogP contribution in [0.15, 0.2) is 18.2 Å². The Morgan fingerprint density at radius 3 is 2.51 bits per heavy atom. The molecule has 2 saturated heterocycles. The third kappa shape index (κ3) is 4.77. The zero-order chi connectivity index (χ0) is 28.4. The van der Waals surface area contributed by atoms with Crippen molar-refractivity contribution in [2.45, 2.75) is 83.5 Å². The van der Waals surface area contributed by atoms with Crippen LogP contribution in [0.2, 0.25) is 0 Å². The van der Waals surface area contributed by atoms with Crippen molar-refractivity contribution in [1.29, 1.82) is 0 Å².